The lowest BCUT2D eigenvalue weighted by atomic mass is 9.98. The fraction of sp³-hybridized carbons (Fsp3) is 0.562. The van der Waals surface area contributed by atoms with E-state index in [0.29, 0.717) is 16.0 Å². The molecule has 1 saturated heterocycles. The van der Waals surface area contributed by atoms with Crippen molar-refractivity contribution in [1.29, 1.82) is 0 Å². The zero-order valence-electron chi connectivity index (χ0n) is 12.5. The Morgan fingerprint density at radius 3 is 2.76 bits per heavy atom. The number of hydrogen-bond donors (Lipinski definition) is 1. The van der Waals surface area contributed by atoms with Crippen molar-refractivity contribution in [2.75, 3.05) is 13.1 Å². The summed E-state index contributed by atoms with van der Waals surface area (Å²) in [6.07, 6.45) is 2.27. The average Bonchev–Trinajstić information content (AvgIpc) is 2.75. The first-order chi connectivity index (χ1) is 9.99. The molecule has 0 bridgehead atoms. The van der Waals surface area contributed by atoms with Crippen LogP contribution in [0.4, 0.5) is 0 Å². The molecule has 3 nitrogen and oxygen atoms in total. The van der Waals surface area contributed by atoms with E-state index < -0.39 is 0 Å². The Bertz CT molecular complexity index is 507. The molecule has 1 aliphatic heterocycles. The van der Waals surface area contributed by atoms with Gasteiger partial charge in [0.15, 0.2) is 0 Å². The van der Waals surface area contributed by atoms with Crippen LogP contribution in [0, 0.1) is 5.92 Å². The Morgan fingerprint density at radius 2 is 2.14 bits per heavy atom. The SMILES string of the molecule is CCC[C@@H]1CN(Cc2ccc(Cl)cc2Cl)C[C@H]1NC(C)=O. The largest absolute Gasteiger partial charge is 0.352 e. The van der Waals surface area contributed by atoms with Crippen molar-refractivity contribution in [3.05, 3.63) is 33.8 Å². The van der Waals surface area contributed by atoms with Crippen LogP contribution in [0.5, 0.6) is 0 Å². The third-order valence-electron chi connectivity index (χ3n) is 3.97. The van der Waals surface area contributed by atoms with Gasteiger partial charge in [-0.25, -0.2) is 0 Å². The van der Waals surface area contributed by atoms with Gasteiger partial charge < -0.3 is 5.32 Å². The molecule has 1 aromatic rings. The van der Waals surface area contributed by atoms with Gasteiger partial charge in [0.1, 0.15) is 0 Å². The highest BCUT2D eigenvalue weighted by Crippen LogP contribution is 2.27. The van der Waals surface area contributed by atoms with Crippen molar-refractivity contribution >= 4 is 29.1 Å². The van der Waals surface area contributed by atoms with Crippen molar-refractivity contribution < 1.29 is 4.79 Å². The normalized spacial score (nSPS) is 22.5. The van der Waals surface area contributed by atoms with Gasteiger partial charge >= 0.3 is 0 Å². The zero-order valence-corrected chi connectivity index (χ0v) is 14.0. The molecule has 0 spiro atoms. The molecule has 0 aliphatic carbocycles. The Balaban J connectivity index is 2.02. The second-order valence-electron chi connectivity index (χ2n) is 5.79. The van der Waals surface area contributed by atoms with Crippen LogP contribution < -0.4 is 5.32 Å². The van der Waals surface area contributed by atoms with Crippen LogP contribution >= 0.6 is 23.2 Å². The Kier molecular flexibility index (Phi) is 5.91. The molecule has 0 radical (unpaired) electrons. The highest BCUT2D eigenvalue weighted by molar-refractivity contribution is 6.35. The number of hydrogen-bond acceptors (Lipinski definition) is 2. The quantitative estimate of drug-likeness (QED) is 0.893. The van der Waals surface area contributed by atoms with Gasteiger partial charge in [-0.05, 0) is 30.0 Å². The van der Waals surface area contributed by atoms with Gasteiger partial charge in [0, 0.05) is 42.6 Å². The van der Waals surface area contributed by atoms with Gasteiger partial charge in [-0.1, -0.05) is 42.6 Å². The topological polar surface area (TPSA) is 32.3 Å². The first-order valence-electron chi connectivity index (χ1n) is 7.43. The maximum absolute atomic E-state index is 11.3. The van der Waals surface area contributed by atoms with Gasteiger partial charge in [-0.3, -0.25) is 9.69 Å². The van der Waals surface area contributed by atoms with Crippen LogP contribution in [0.1, 0.15) is 32.3 Å². The molecular weight excluding hydrogens is 307 g/mol. The molecular formula is C16H22Cl2N2O. The zero-order chi connectivity index (χ0) is 15.4. The number of nitrogens with zero attached hydrogens (tertiary/aromatic N) is 1. The van der Waals surface area contributed by atoms with E-state index in [1.807, 2.05) is 12.1 Å². The van der Waals surface area contributed by atoms with Crippen LogP contribution in [-0.2, 0) is 11.3 Å². The minimum Gasteiger partial charge on any atom is -0.352 e. The minimum atomic E-state index is 0.0486. The van der Waals surface area contributed by atoms with Crippen molar-refractivity contribution in [2.24, 2.45) is 5.92 Å². The van der Waals surface area contributed by atoms with Crippen LogP contribution in [-0.4, -0.2) is 29.9 Å². The molecule has 1 amide bonds. The lowest BCUT2D eigenvalue weighted by molar-refractivity contribution is -0.119. The van der Waals surface area contributed by atoms with Crippen LogP contribution in [0.15, 0.2) is 18.2 Å². The smallest absolute Gasteiger partial charge is 0.217 e. The van der Waals surface area contributed by atoms with E-state index in [1.165, 1.54) is 0 Å². The maximum Gasteiger partial charge on any atom is 0.217 e. The fourth-order valence-electron chi connectivity index (χ4n) is 3.07. The standard InChI is InChI=1S/C16H22Cl2N2O/c1-3-4-13-9-20(10-16(13)19-11(2)21)8-12-5-6-14(17)7-15(12)18/h5-7,13,16H,3-4,8-10H2,1-2H3,(H,19,21)/t13-,16-/m1/s1. The molecule has 1 aliphatic rings. The van der Waals surface area contributed by atoms with E-state index in [4.69, 9.17) is 23.2 Å². The summed E-state index contributed by atoms with van der Waals surface area (Å²) in [4.78, 5) is 13.7. The summed E-state index contributed by atoms with van der Waals surface area (Å²) >= 11 is 12.2. The summed E-state index contributed by atoms with van der Waals surface area (Å²) in [6, 6.07) is 5.87. The first kappa shape index (κ1) is 16.6. The Labute approximate surface area is 136 Å². The Hall–Kier alpha value is -0.770. The predicted octanol–water partition coefficient (Wildman–Crippen LogP) is 3.73. The molecule has 1 N–H and O–H groups in total. The van der Waals surface area contributed by atoms with Crippen molar-refractivity contribution in [3.8, 4) is 0 Å². The second-order valence-corrected chi connectivity index (χ2v) is 6.63. The number of rotatable bonds is 5. The van der Waals surface area contributed by atoms with E-state index in [2.05, 4.69) is 17.1 Å². The monoisotopic (exact) mass is 328 g/mol. The summed E-state index contributed by atoms with van der Waals surface area (Å²) in [6.45, 7) is 6.44. The summed E-state index contributed by atoms with van der Waals surface area (Å²) in [5.41, 5.74) is 1.08. The number of carbonyl (C=O) groups is 1. The van der Waals surface area contributed by atoms with E-state index in [9.17, 15) is 4.79 Å². The van der Waals surface area contributed by atoms with Gasteiger partial charge in [-0.15, -0.1) is 0 Å². The molecule has 0 saturated carbocycles. The number of carbonyl (C=O) groups excluding carboxylic acids is 1. The number of benzene rings is 1. The molecule has 0 unspecified atom stereocenters. The first-order valence-corrected chi connectivity index (χ1v) is 8.18. The number of nitrogens with one attached hydrogen (secondary N) is 1. The molecule has 0 aromatic heterocycles. The molecule has 21 heavy (non-hydrogen) atoms. The number of likely N-dealkylation sites (tertiary alicyclic amines) is 1. The maximum atomic E-state index is 11.3. The second kappa shape index (κ2) is 7.48. The van der Waals surface area contributed by atoms with Crippen molar-refractivity contribution in [1.82, 2.24) is 10.2 Å². The Morgan fingerprint density at radius 1 is 1.38 bits per heavy atom. The average molecular weight is 329 g/mol. The van der Waals surface area contributed by atoms with Gasteiger partial charge in [-0.2, -0.15) is 0 Å². The lowest BCUT2D eigenvalue weighted by Gasteiger charge is -2.18. The molecule has 116 valence electrons. The van der Waals surface area contributed by atoms with Gasteiger partial charge in [0.05, 0.1) is 0 Å². The molecule has 2 atom stereocenters. The third kappa shape index (κ3) is 4.60. The van der Waals surface area contributed by atoms with E-state index in [-0.39, 0.29) is 11.9 Å². The molecule has 1 heterocycles. The summed E-state index contributed by atoms with van der Waals surface area (Å²) in [5, 5.41) is 4.45. The van der Waals surface area contributed by atoms with Crippen molar-refractivity contribution in [2.45, 2.75) is 39.3 Å². The van der Waals surface area contributed by atoms with Crippen LogP contribution in [0.2, 0.25) is 10.0 Å². The van der Waals surface area contributed by atoms with Crippen molar-refractivity contribution in [3.63, 3.8) is 0 Å². The highest BCUT2D eigenvalue weighted by Gasteiger charge is 2.32. The number of halogens is 2. The molecule has 5 heteroatoms. The summed E-state index contributed by atoms with van der Waals surface area (Å²) < 4.78 is 0. The van der Waals surface area contributed by atoms with E-state index in [1.54, 1.807) is 13.0 Å². The van der Waals surface area contributed by atoms with E-state index >= 15 is 0 Å². The molecule has 1 fully saturated rings. The molecule has 1 aromatic carbocycles. The summed E-state index contributed by atoms with van der Waals surface area (Å²) in [7, 11) is 0. The third-order valence-corrected chi connectivity index (χ3v) is 4.56. The number of amides is 1. The molecule has 2 rings (SSSR count). The predicted molar refractivity (Wildman–Crippen MR) is 87.7 cm³/mol. The summed E-state index contributed by atoms with van der Waals surface area (Å²) in [5.74, 6) is 0.567. The lowest BCUT2D eigenvalue weighted by Crippen LogP contribution is -2.39. The van der Waals surface area contributed by atoms with E-state index in [0.717, 1.165) is 38.0 Å². The van der Waals surface area contributed by atoms with Crippen LogP contribution in [0.3, 0.4) is 0 Å². The minimum absolute atomic E-state index is 0.0486. The van der Waals surface area contributed by atoms with Gasteiger partial charge in [0.2, 0.25) is 5.91 Å². The highest BCUT2D eigenvalue weighted by atomic mass is 35.5. The fourth-order valence-corrected chi connectivity index (χ4v) is 3.54. The van der Waals surface area contributed by atoms with Crippen LogP contribution in [0.25, 0.3) is 0 Å². The van der Waals surface area contributed by atoms with Gasteiger partial charge in [0.25, 0.3) is 0 Å².